The quantitative estimate of drug-likeness (QED) is 0.838. The first kappa shape index (κ1) is 14.8. The lowest BCUT2D eigenvalue weighted by Crippen LogP contribution is -2.55. The van der Waals surface area contributed by atoms with Crippen molar-refractivity contribution in [2.75, 3.05) is 32.7 Å². The Morgan fingerprint density at radius 1 is 1.21 bits per heavy atom. The lowest BCUT2D eigenvalue weighted by atomic mass is 9.86. The second-order valence-electron chi connectivity index (χ2n) is 6.38. The molecule has 4 nitrogen and oxygen atoms in total. The molecule has 0 bridgehead atoms. The van der Waals surface area contributed by atoms with E-state index in [-0.39, 0.29) is 11.3 Å². The van der Waals surface area contributed by atoms with Gasteiger partial charge in [0, 0.05) is 38.8 Å². The highest BCUT2D eigenvalue weighted by atomic mass is 16.2. The molecule has 0 aromatic heterocycles. The normalized spacial score (nSPS) is 25.5. The minimum Gasteiger partial charge on any atom is -0.340 e. The molecule has 0 radical (unpaired) electrons. The van der Waals surface area contributed by atoms with Crippen molar-refractivity contribution in [3.63, 3.8) is 0 Å². The Bertz CT molecular complexity index is 301. The van der Waals surface area contributed by atoms with E-state index in [0.717, 1.165) is 38.6 Å². The van der Waals surface area contributed by atoms with Gasteiger partial charge >= 0.3 is 0 Å². The number of amides is 1. The van der Waals surface area contributed by atoms with Gasteiger partial charge in [-0.2, -0.15) is 0 Å². The highest BCUT2D eigenvalue weighted by Crippen LogP contribution is 2.26. The van der Waals surface area contributed by atoms with Crippen molar-refractivity contribution in [1.29, 1.82) is 0 Å². The van der Waals surface area contributed by atoms with Crippen LogP contribution in [0, 0.1) is 5.41 Å². The van der Waals surface area contributed by atoms with Crippen molar-refractivity contribution in [2.24, 2.45) is 11.1 Å². The van der Waals surface area contributed by atoms with Gasteiger partial charge in [0.1, 0.15) is 0 Å². The zero-order valence-electron chi connectivity index (χ0n) is 12.5. The molecule has 1 saturated heterocycles. The summed E-state index contributed by atoms with van der Waals surface area (Å²) in [5.74, 6) is 0.253. The molecule has 2 rings (SSSR count). The van der Waals surface area contributed by atoms with Crippen molar-refractivity contribution in [1.82, 2.24) is 9.80 Å². The zero-order valence-corrected chi connectivity index (χ0v) is 12.5. The number of nitrogens with two attached hydrogens (primary N) is 1. The molecule has 4 heteroatoms. The number of nitrogens with zero attached hydrogens (tertiary/aromatic N) is 2. The number of piperazine rings is 1. The molecule has 1 saturated carbocycles. The van der Waals surface area contributed by atoms with Crippen LogP contribution in [-0.2, 0) is 4.79 Å². The van der Waals surface area contributed by atoms with Crippen LogP contribution in [0.3, 0.4) is 0 Å². The maximum absolute atomic E-state index is 12.5. The first-order chi connectivity index (χ1) is 9.10. The minimum atomic E-state index is -0.366. The van der Waals surface area contributed by atoms with E-state index in [1.54, 1.807) is 0 Å². The van der Waals surface area contributed by atoms with E-state index in [4.69, 9.17) is 5.73 Å². The molecule has 110 valence electrons. The Morgan fingerprint density at radius 2 is 1.79 bits per heavy atom. The molecule has 1 aliphatic carbocycles. The summed E-state index contributed by atoms with van der Waals surface area (Å²) in [5.41, 5.74) is 5.43. The van der Waals surface area contributed by atoms with Gasteiger partial charge in [-0.05, 0) is 26.2 Å². The maximum Gasteiger partial charge on any atom is 0.229 e. The van der Waals surface area contributed by atoms with Crippen LogP contribution in [0.4, 0.5) is 0 Å². The third kappa shape index (κ3) is 3.11. The van der Waals surface area contributed by atoms with E-state index in [9.17, 15) is 4.79 Å². The van der Waals surface area contributed by atoms with Crippen LogP contribution in [-0.4, -0.2) is 54.5 Å². The van der Waals surface area contributed by atoms with Crippen LogP contribution in [0.1, 0.15) is 46.0 Å². The van der Waals surface area contributed by atoms with Gasteiger partial charge in [-0.3, -0.25) is 9.69 Å². The van der Waals surface area contributed by atoms with Crippen molar-refractivity contribution in [2.45, 2.75) is 52.0 Å². The molecule has 0 aromatic rings. The molecule has 2 aliphatic rings. The standard InChI is InChI=1S/C15H29N3O/c1-3-15(2,12-16)14(19)18-10-8-17(9-11-18)13-6-4-5-7-13/h13H,3-12,16H2,1-2H3. The Labute approximate surface area is 117 Å². The molecule has 0 spiro atoms. The smallest absolute Gasteiger partial charge is 0.229 e. The van der Waals surface area contributed by atoms with E-state index in [1.807, 2.05) is 11.8 Å². The second-order valence-corrected chi connectivity index (χ2v) is 6.38. The first-order valence-electron chi connectivity index (χ1n) is 7.84. The predicted octanol–water partition coefficient (Wildman–Crippen LogP) is 1.45. The molecule has 1 heterocycles. The number of hydrogen-bond donors (Lipinski definition) is 1. The summed E-state index contributed by atoms with van der Waals surface area (Å²) in [4.78, 5) is 17.2. The lowest BCUT2D eigenvalue weighted by molar-refractivity contribution is -0.143. The summed E-state index contributed by atoms with van der Waals surface area (Å²) in [5, 5.41) is 0. The Morgan fingerprint density at radius 3 is 2.26 bits per heavy atom. The Balaban J connectivity index is 1.87. The first-order valence-corrected chi connectivity index (χ1v) is 7.84. The predicted molar refractivity (Wildman–Crippen MR) is 77.9 cm³/mol. The van der Waals surface area contributed by atoms with E-state index in [0.29, 0.717) is 6.54 Å². The van der Waals surface area contributed by atoms with Crippen molar-refractivity contribution in [3.05, 3.63) is 0 Å². The number of carbonyl (C=O) groups excluding carboxylic acids is 1. The van der Waals surface area contributed by atoms with Gasteiger partial charge < -0.3 is 10.6 Å². The monoisotopic (exact) mass is 267 g/mol. The SMILES string of the molecule is CCC(C)(CN)C(=O)N1CCN(C2CCCC2)CC1. The van der Waals surface area contributed by atoms with Gasteiger partial charge in [0.05, 0.1) is 5.41 Å². The number of carbonyl (C=O) groups is 1. The van der Waals surface area contributed by atoms with Crippen LogP contribution in [0.5, 0.6) is 0 Å². The van der Waals surface area contributed by atoms with Gasteiger partial charge in [0.25, 0.3) is 0 Å². The Hall–Kier alpha value is -0.610. The summed E-state index contributed by atoms with van der Waals surface area (Å²) in [6.45, 7) is 8.35. The van der Waals surface area contributed by atoms with Crippen molar-refractivity contribution in [3.8, 4) is 0 Å². The third-order valence-corrected chi connectivity index (χ3v) is 5.19. The topological polar surface area (TPSA) is 49.6 Å². The largest absolute Gasteiger partial charge is 0.340 e. The average Bonchev–Trinajstić information content (AvgIpc) is 3.00. The molecule has 1 atom stereocenters. The van der Waals surface area contributed by atoms with E-state index in [2.05, 4.69) is 11.8 Å². The molecule has 1 aliphatic heterocycles. The van der Waals surface area contributed by atoms with Crippen LogP contribution in [0.15, 0.2) is 0 Å². The number of rotatable bonds is 4. The molecule has 1 unspecified atom stereocenters. The van der Waals surface area contributed by atoms with E-state index >= 15 is 0 Å². The van der Waals surface area contributed by atoms with E-state index < -0.39 is 0 Å². The fourth-order valence-electron chi connectivity index (χ4n) is 3.32. The second kappa shape index (κ2) is 6.23. The lowest BCUT2D eigenvalue weighted by Gasteiger charge is -2.41. The molecule has 2 fully saturated rings. The van der Waals surface area contributed by atoms with Crippen molar-refractivity contribution < 1.29 is 4.79 Å². The number of hydrogen-bond acceptors (Lipinski definition) is 3. The minimum absolute atomic E-state index is 0.253. The molecule has 19 heavy (non-hydrogen) atoms. The maximum atomic E-state index is 12.5. The van der Waals surface area contributed by atoms with Crippen LogP contribution < -0.4 is 5.73 Å². The summed E-state index contributed by atoms with van der Waals surface area (Å²) in [6, 6.07) is 0.782. The summed E-state index contributed by atoms with van der Waals surface area (Å²) in [7, 11) is 0. The molecular formula is C15H29N3O. The van der Waals surface area contributed by atoms with E-state index in [1.165, 1.54) is 25.7 Å². The van der Waals surface area contributed by atoms with Gasteiger partial charge in [-0.1, -0.05) is 19.8 Å². The average molecular weight is 267 g/mol. The van der Waals surface area contributed by atoms with Gasteiger partial charge in [-0.25, -0.2) is 0 Å². The molecule has 1 amide bonds. The fraction of sp³-hybridized carbons (Fsp3) is 0.933. The molecule has 0 aromatic carbocycles. The highest BCUT2D eigenvalue weighted by molar-refractivity contribution is 5.82. The van der Waals surface area contributed by atoms with Crippen LogP contribution in [0.2, 0.25) is 0 Å². The third-order valence-electron chi connectivity index (χ3n) is 5.19. The highest BCUT2D eigenvalue weighted by Gasteiger charge is 2.36. The summed E-state index contributed by atoms with van der Waals surface area (Å²) < 4.78 is 0. The zero-order chi connectivity index (χ0) is 13.9. The summed E-state index contributed by atoms with van der Waals surface area (Å²) >= 11 is 0. The Kier molecular flexibility index (Phi) is 4.85. The van der Waals surface area contributed by atoms with Crippen LogP contribution >= 0.6 is 0 Å². The summed E-state index contributed by atoms with van der Waals surface area (Å²) in [6.07, 6.45) is 6.29. The van der Waals surface area contributed by atoms with Crippen LogP contribution in [0.25, 0.3) is 0 Å². The fourth-order valence-corrected chi connectivity index (χ4v) is 3.32. The molecule has 2 N–H and O–H groups in total. The van der Waals surface area contributed by atoms with Gasteiger partial charge in [0.2, 0.25) is 5.91 Å². The molecular weight excluding hydrogens is 238 g/mol. The van der Waals surface area contributed by atoms with Gasteiger partial charge in [0.15, 0.2) is 0 Å². The van der Waals surface area contributed by atoms with Gasteiger partial charge in [-0.15, -0.1) is 0 Å². The van der Waals surface area contributed by atoms with Crippen molar-refractivity contribution >= 4 is 5.91 Å².